The third kappa shape index (κ3) is 6.62. The van der Waals surface area contributed by atoms with Gasteiger partial charge in [0.1, 0.15) is 18.0 Å². The van der Waals surface area contributed by atoms with E-state index in [0.717, 1.165) is 27.8 Å². The number of amides is 4. The Labute approximate surface area is 268 Å². The Balaban J connectivity index is 1.34. The molecule has 2 saturated heterocycles. The van der Waals surface area contributed by atoms with Crippen LogP contribution in [0.15, 0.2) is 116 Å². The number of fused-ring (bicyclic) bond motifs is 1. The van der Waals surface area contributed by atoms with Gasteiger partial charge in [-0.3, -0.25) is 14.6 Å². The maximum absolute atomic E-state index is 14.3. The largest absolute Gasteiger partial charge is 0.508 e. The number of piperazine rings is 1. The molecule has 2 atom stereocenters. The molecule has 4 aromatic rings. The number of nitrogens with zero attached hydrogens (tertiary/aromatic N) is 5. The third-order valence-electron chi connectivity index (χ3n) is 8.33. The number of hydrazine groups is 1. The smallest absolute Gasteiger partial charge is 0.334 e. The minimum Gasteiger partial charge on any atom is -0.508 e. The van der Waals surface area contributed by atoms with Crippen molar-refractivity contribution in [2.75, 3.05) is 19.6 Å². The molecule has 46 heavy (non-hydrogen) atoms. The van der Waals surface area contributed by atoms with Crippen molar-refractivity contribution >= 4 is 17.8 Å². The van der Waals surface area contributed by atoms with E-state index in [1.54, 1.807) is 62.6 Å². The molecule has 2 aliphatic heterocycles. The molecule has 0 spiro atoms. The van der Waals surface area contributed by atoms with Crippen molar-refractivity contribution in [2.45, 2.75) is 31.7 Å². The first-order chi connectivity index (χ1) is 22.4. The Morgan fingerprint density at radius 3 is 2.43 bits per heavy atom. The van der Waals surface area contributed by atoms with Crippen LogP contribution in [0.25, 0.3) is 11.1 Å². The topological polar surface area (TPSA) is 109 Å². The molecular weight excluding hydrogens is 580 g/mol. The predicted molar refractivity (Wildman–Crippen MR) is 174 cm³/mol. The number of rotatable bonds is 9. The van der Waals surface area contributed by atoms with Gasteiger partial charge < -0.3 is 20.2 Å². The van der Waals surface area contributed by atoms with Gasteiger partial charge in [-0.1, -0.05) is 72.8 Å². The lowest BCUT2D eigenvalue weighted by Gasteiger charge is -2.55. The number of carbonyl (C=O) groups is 3. The second kappa shape index (κ2) is 13.7. The van der Waals surface area contributed by atoms with Gasteiger partial charge in [0.15, 0.2) is 0 Å². The van der Waals surface area contributed by atoms with Crippen LogP contribution in [0.2, 0.25) is 0 Å². The first kappa shape index (κ1) is 30.5. The fourth-order valence-electron chi connectivity index (χ4n) is 6.16. The molecule has 1 aromatic heterocycles. The molecule has 234 valence electrons. The number of hydrogen-bond acceptors (Lipinski definition) is 6. The molecule has 2 N–H and O–H groups in total. The Morgan fingerprint density at radius 1 is 0.935 bits per heavy atom. The van der Waals surface area contributed by atoms with Crippen molar-refractivity contribution in [1.82, 2.24) is 30.1 Å². The molecule has 10 heteroatoms. The van der Waals surface area contributed by atoms with Crippen LogP contribution >= 0.6 is 0 Å². The summed E-state index contributed by atoms with van der Waals surface area (Å²) in [6.07, 6.45) is 4.66. The number of aromatic hydroxyl groups is 1. The van der Waals surface area contributed by atoms with E-state index in [4.69, 9.17) is 0 Å². The van der Waals surface area contributed by atoms with Gasteiger partial charge in [0, 0.05) is 38.4 Å². The molecule has 0 bridgehead atoms. The fraction of sp³-hybridized carbons (Fsp3) is 0.222. The standard InChI is InChI=1S/C36H36N6O4/c1-2-18-40-25-34(44)41-32(20-26-13-15-31(43)16-14-26)35(45)39(23-28-10-6-11-29(19-28)30-12-7-17-37-22-30)24-33(41)42(40)36(46)38-21-27-8-4-3-5-9-27/h2-17,19,22,32-33,43H,1,18,20-21,23-25H2,(H,38,46). The summed E-state index contributed by atoms with van der Waals surface area (Å²) >= 11 is 0. The maximum Gasteiger partial charge on any atom is 0.334 e. The van der Waals surface area contributed by atoms with Crippen molar-refractivity contribution in [2.24, 2.45) is 0 Å². The van der Waals surface area contributed by atoms with Crippen molar-refractivity contribution in [3.63, 3.8) is 0 Å². The van der Waals surface area contributed by atoms with E-state index in [0.29, 0.717) is 13.1 Å². The summed E-state index contributed by atoms with van der Waals surface area (Å²) in [5.74, 6) is -0.331. The number of urea groups is 1. The molecule has 0 radical (unpaired) electrons. The quantitative estimate of drug-likeness (QED) is 0.273. The van der Waals surface area contributed by atoms with Crippen molar-refractivity contribution in [3.05, 3.63) is 133 Å². The van der Waals surface area contributed by atoms with Crippen LogP contribution in [0.4, 0.5) is 4.79 Å². The molecule has 0 saturated carbocycles. The summed E-state index contributed by atoms with van der Waals surface area (Å²) in [5.41, 5.74) is 4.58. The van der Waals surface area contributed by atoms with E-state index in [2.05, 4.69) is 16.9 Å². The van der Waals surface area contributed by atoms with Gasteiger partial charge >= 0.3 is 6.03 Å². The van der Waals surface area contributed by atoms with E-state index in [-0.39, 0.29) is 49.7 Å². The van der Waals surface area contributed by atoms with Crippen LogP contribution in [-0.2, 0) is 29.1 Å². The third-order valence-corrected chi connectivity index (χ3v) is 8.33. The van der Waals surface area contributed by atoms with E-state index >= 15 is 0 Å². The lowest BCUT2D eigenvalue weighted by Crippen LogP contribution is -2.76. The van der Waals surface area contributed by atoms with Crippen molar-refractivity contribution in [3.8, 4) is 16.9 Å². The van der Waals surface area contributed by atoms with Crippen LogP contribution in [0.3, 0.4) is 0 Å². The number of hydrogen-bond donors (Lipinski definition) is 2. The zero-order chi connectivity index (χ0) is 32.0. The van der Waals surface area contributed by atoms with Crippen LogP contribution in [0.5, 0.6) is 5.75 Å². The minimum absolute atomic E-state index is 0.0756. The minimum atomic E-state index is -0.854. The Bertz CT molecular complexity index is 1700. The zero-order valence-corrected chi connectivity index (χ0v) is 25.4. The SMILES string of the molecule is C=CCN1CC(=O)N2C(Cc3ccc(O)cc3)C(=O)N(Cc3cccc(-c4cccnc4)c3)CC2N1C(=O)NCc1ccccc1. The summed E-state index contributed by atoms with van der Waals surface area (Å²) in [4.78, 5) is 49.5. The van der Waals surface area contributed by atoms with Crippen LogP contribution in [0, 0.1) is 0 Å². The predicted octanol–water partition coefficient (Wildman–Crippen LogP) is 4.19. The lowest BCUT2D eigenvalue weighted by molar-refractivity contribution is -0.189. The molecule has 10 nitrogen and oxygen atoms in total. The zero-order valence-electron chi connectivity index (χ0n) is 25.4. The Kier molecular flexibility index (Phi) is 9.07. The Hall–Kier alpha value is -5.48. The average molecular weight is 617 g/mol. The maximum atomic E-state index is 14.3. The van der Waals surface area contributed by atoms with Crippen LogP contribution in [0.1, 0.15) is 16.7 Å². The lowest BCUT2D eigenvalue weighted by atomic mass is 9.98. The average Bonchev–Trinajstić information content (AvgIpc) is 3.07. The van der Waals surface area contributed by atoms with Gasteiger partial charge in [-0.2, -0.15) is 0 Å². The van der Waals surface area contributed by atoms with Crippen molar-refractivity contribution in [1.29, 1.82) is 0 Å². The van der Waals surface area contributed by atoms with Crippen molar-refractivity contribution < 1.29 is 19.5 Å². The highest BCUT2D eigenvalue weighted by atomic mass is 16.3. The van der Waals surface area contributed by atoms with Gasteiger partial charge in [-0.15, -0.1) is 6.58 Å². The number of phenols is 1. The van der Waals surface area contributed by atoms with E-state index in [9.17, 15) is 19.5 Å². The second-order valence-electron chi connectivity index (χ2n) is 11.5. The molecule has 6 rings (SSSR count). The summed E-state index contributed by atoms with van der Waals surface area (Å²) in [5, 5.41) is 16.1. The molecule has 3 heterocycles. The van der Waals surface area contributed by atoms with Gasteiger partial charge in [0.25, 0.3) is 0 Å². The highest BCUT2D eigenvalue weighted by Crippen LogP contribution is 2.30. The molecule has 0 aliphatic carbocycles. The number of nitrogens with one attached hydrogen (secondary N) is 1. The molecule has 2 aliphatic rings. The number of pyridine rings is 1. The van der Waals surface area contributed by atoms with Crippen LogP contribution < -0.4 is 5.32 Å². The van der Waals surface area contributed by atoms with Gasteiger partial charge in [0.05, 0.1) is 13.1 Å². The normalized spacial score (nSPS) is 18.3. The second-order valence-corrected chi connectivity index (χ2v) is 11.5. The number of aromatic nitrogens is 1. The summed E-state index contributed by atoms with van der Waals surface area (Å²) < 4.78 is 0. The van der Waals surface area contributed by atoms with E-state index in [1.165, 1.54) is 0 Å². The number of phenolic OH excluding ortho intramolecular Hbond substituents is 1. The van der Waals surface area contributed by atoms with Gasteiger partial charge in [-0.25, -0.2) is 14.8 Å². The van der Waals surface area contributed by atoms with Gasteiger partial charge in [-0.05, 0) is 52.1 Å². The monoisotopic (exact) mass is 616 g/mol. The number of carbonyl (C=O) groups excluding carboxylic acids is 3. The number of benzene rings is 3. The first-order valence-electron chi connectivity index (χ1n) is 15.2. The molecular formula is C36H36N6O4. The summed E-state index contributed by atoms with van der Waals surface area (Å²) in [7, 11) is 0. The highest BCUT2D eigenvalue weighted by molar-refractivity contribution is 5.91. The van der Waals surface area contributed by atoms with E-state index < -0.39 is 12.2 Å². The first-order valence-corrected chi connectivity index (χ1v) is 15.2. The summed E-state index contributed by atoms with van der Waals surface area (Å²) in [6, 6.07) is 26.8. The summed E-state index contributed by atoms with van der Waals surface area (Å²) in [6.45, 7) is 4.77. The van der Waals surface area contributed by atoms with Crippen LogP contribution in [-0.4, -0.2) is 79.6 Å². The van der Waals surface area contributed by atoms with E-state index in [1.807, 2.05) is 66.7 Å². The molecule has 3 aromatic carbocycles. The fourth-order valence-corrected chi connectivity index (χ4v) is 6.16. The molecule has 2 fully saturated rings. The molecule has 2 unspecified atom stereocenters. The highest BCUT2D eigenvalue weighted by Gasteiger charge is 2.51. The Morgan fingerprint density at radius 2 is 1.70 bits per heavy atom. The van der Waals surface area contributed by atoms with Gasteiger partial charge in [0.2, 0.25) is 11.8 Å². The molecule has 4 amide bonds.